The second kappa shape index (κ2) is 8.44. The van der Waals surface area contributed by atoms with E-state index in [0.29, 0.717) is 49.6 Å². The number of carbonyl (C=O) groups is 1. The van der Waals surface area contributed by atoms with Gasteiger partial charge in [-0.2, -0.15) is 4.31 Å². The minimum absolute atomic E-state index is 0.0925. The summed E-state index contributed by atoms with van der Waals surface area (Å²) in [5, 5.41) is 0.605. The predicted molar refractivity (Wildman–Crippen MR) is 125 cm³/mol. The zero-order valence-corrected chi connectivity index (χ0v) is 20.1. The van der Waals surface area contributed by atoms with Crippen molar-refractivity contribution in [2.75, 3.05) is 26.2 Å². The first-order valence-electron chi connectivity index (χ1n) is 10.9. The third kappa shape index (κ3) is 4.33. The number of piperidine rings is 1. The number of rotatable bonds is 4. The number of aryl methyl sites for hydroxylation is 1. The fraction of sp³-hybridized carbons (Fsp3) is 0.391. The lowest BCUT2D eigenvalue weighted by Gasteiger charge is -2.52. The quantitative estimate of drug-likeness (QED) is 0.580. The lowest BCUT2D eigenvalue weighted by Crippen LogP contribution is -2.62. The molecule has 0 bridgehead atoms. The van der Waals surface area contributed by atoms with Crippen LogP contribution in [-0.4, -0.2) is 54.9 Å². The Labute approximate surface area is 201 Å². The molecule has 3 heterocycles. The molecule has 11 heteroatoms. The smallest absolute Gasteiger partial charge is 0.417 e. The summed E-state index contributed by atoms with van der Waals surface area (Å²) < 4.78 is 38.0. The van der Waals surface area contributed by atoms with Gasteiger partial charge in [0.25, 0.3) is 0 Å². The van der Waals surface area contributed by atoms with Gasteiger partial charge in [0.05, 0.1) is 10.4 Å². The summed E-state index contributed by atoms with van der Waals surface area (Å²) in [6.45, 7) is 3.91. The van der Waals surface area contributed by atoms with Crippen molar-refractivity contribution in [3.63, 3.8) is 0 Å². The van der Waals surface area contributed by atoms with E-state index in [1.807, 2.05) is 19.1 Å². The number of H-pyrrole nitrogens is 1. The van der Waals surface area contributed by atoms with Crippen molar-refractivity contribution in [3.8, 4) is 0 Å². The molecule has 9 nitrogen and oxygen atoms in total. The minimum atomic E-state index is -3.69. The Bertz CT molecular complexity index is 1390. The third-order valence-electron chi connectivity index (χ3n) is 6.60. The largest absolute Gasteiger partial charge is 0.445 e. The zero-order valence-electron chi connectivity index (χ0n) is 18.5. The summed E-state index contributed by atoms with van der Waals surface area (Å²) in [6.07, 6.45) is 1.03. The molecule has 1 spiro atoms. The maximum absolute atomic E-state index is 13.0. The number of fused-ring (bicyclic) bond motifs is 1. The summed E-state index contributed by atoms with van der Waals surface area (Å²) in [7, 11) is -3.69. The van der Waals surface area contributed by atoms with E-state index in [2.05, 4.69) is 4.98 Å². The monoisotopic (exact) mass is 505 g/mol. The Morgan fingerprint density at radius 1 is 1.18 bits per heavy atom. The van der Waals surface area contributed by atoms with E-state index >= 15 is 0 Å². The number of hydrogen-bond acceptors (Lipinski definition) is 6. The van der Waals surface area contributed by atoms with Crippen molar-refractivity contribution >= 4 is 38.8 Å². The van der Waals surface area contributed by atoms with Crippen LogP contribution in [0.1, 0.15) is 24.0 Å². The molecule has 1 aromatic heterocycles. The topological polar surface area (TPSA) is 113 Å². The molecule has 0 atom stereocenters. The number of aromatic nitrogens is 1. The Balaban J connectivity index is 1.16. The second-order valence-corrected chi connectivity index (χ2v) is 11.5. The molecule has 2 saturated heterocycles. The highest BCUT2D eigenvalue weighted by molar-refractivity contribution is 7.89. The Kier molecular flexibility index (Phi) is 5.70. The van der Waals surface area contributed by atoms with Crippen molar-refractivity contribution in [1.82, 2.24) is 14.2 Å². The van der Waals surface area contributed by atoms with Gasteiger partial charge < -0.3 is 14.1 Å². The molecule has 0 radical (unpaired) electrons. The molecule has 1 N–H and O–H groups in total. The second-order valence-electron chi connectivity index (χ2n) is 9.12. The summed E-state index contributed by atoms with van der Waals surface area (Å²) >= 11 is 6.06. The number of benzene rings is 2. The maximum atomic E-state index is 13.0. The highest BCUT2D eigenvalue weighted by Crippen LogP contribution is 2.43. The molecule has 2 aliphatic heterocycles. The number of ether oxygens (including phenoxy) is 1. The van der Waals surface area contributed by atoms with Crippen LogP contribution in [0.3, 0.4) is 0 Å². The highest BCUT2D eigenvalue weighted by Gasteiger charge is 2.50. The first-order chi connectivity index (χ1) is 16.1. The van der Waals surface area contributed by atoms with Crippen LogP contribution in [0.25, 0.3) is 11.1 Å². The number of nitrogens with zero attached hydrogens (tertiary/aromatic N) is 2. The number of carbonyl (C=O) groups excluding carboxylic acids is 1. The molecular formula is C23H24ClN3O6S. The van der Waals surface area contributed by atoms with E-state index in [1.54, 1.807) is 11.0 Å². The van der Waals surface area contributed by atoms with Crippen molar-refractivity contribution in [2.45, 2.75) is 31.3 Å². The van der Waals surface area contributed by atoms with Crippen molar-refractivity contribution in [1.29, 1.82) is 0 Å². The number of nitrogens with one attached hydrogen (secondary N) is 1. The number of oxazole rings is 1. The Morgan fingerprint density at radius 3 is 2.62 bits per heavy atom. The van der Waals surface area contributed by atoms with E-state index in [4.69, 9.17) is 20.8 Å². The minimum Gasteiger partial charge on any atom is -0.445 e. The van der Waals surface area contributed by atoms with Crippen LogP contribution in [-0.2, 0) is 21.4 Å². The molecule has 0 saturated carbocycles. The summed E-state index contributed by atoms with van der Waals surface area (Å²) in [4.78, 5) is 28.1. The highest BCUT2D eigenvalue weighted by atomic mass is 35.5. The third-order valence-corrected chi connectivity index (χ3v) is 8.61. The molecule has 34 heavy (non-hydrogen) atoms. The molecular weight excluding hydrogens is 482 g/mol. The van der Waals surface area contributed by atoms with E-state index in [1.165, 1.54) is 22.5 Å². The summed E-state index contributed by atoms with van der Waals surface area (Å²) in [6, 6.07) is 9.90. The van der Waals surface area contributed by atoms with E-state index in [9.17, 15) is 18.0 Å². The molecule has 5 rings (SSSR count). The van der Waals surface area contributed by atoms with E-state index < -0.39 is 15.8 Å². The molecule has 0 aliphatic carbocycles. The van der Waals surface area contributed by atoms with Gasteiger partial charge in [0.2, 0.25) is 10.0 Å². The van der Waals surface area contributed by atoms with Crippen LogP contribution in [0.5, 0.6) is 0 Å². The van der Waals surface area contributed by atoms with Gasteiger partial charge in [0, 0.05) is 42.7 Å². The Morgan fingerprint density at radius 2 is 1.91 bits per heavy atom. The van der Waals surface area contributed by atoms with Gasteiger partial charge in [0.15, 0.2) is 5.58 Å². The van der Waals surface area contributed by atoms with Gasteiger partial charge in [-0.05, 0) is 55.2 Å². The van der Waals surface area contributed by atoms with Gasteiger partial charge in [-0.25, -0.2) is 18.0 Å². The maximum Gasteiger partial charge on any atom is 0.417 e. The number of hydrogen-bond donors (Lipinski definition) is 1. The molecule has 2 aromatic carbocycles. The fourth-order valence-electron chi connectivity index (χ4n) is 4.72. The van der Waals surface area contributed by atoms with Crippen LogP contribution in [0.15, 0.2) is 50.5 Å². The van der Waals surface area contributed by atoms with Gasteiger partial charge in [-0.1, -0.05) is 17.7 Å². The lowest BCUT2D eigenvalue weighted by molar-refractivity contribution is -0.00194. The standard InChI is InChI=1S/C23H24ClN3O6S/c1-15-8-16(10-17(24)9-15)12-32-22(29)26-6-4-23(5-7-26)13-27(14-23)34(30,31)18-2-3-19-20(11-18)33-21(28)25-19/h2-3,8-11H,4-7,12-14H2,1H3,(H,25,28). The van der Waals surface area contributed by atoms with E-state index in [-0.39, 0.29) is 28.6 Å². The van der Waals surface area contributed by atoms with Gasteiger partial charge in [-0.15, -0.1) is 0 Å². The SMILES string of the molecule is Cc1cc(Cl)cc(COC(=O)N2CCC3(CC2)CN(S(=O)(=O)c2ccc4[nH]c(=O)oc4c2)C3)c1. The average Bonchev–Trinajstić information content (AvgIpc) is 3.14. The molecule has 1 amide bonds. The van der Waals surface area contributed by atoms with Crippen LogP contribution in [0.4, 0.5) is 4.79 Å². The number of sulfonamides is 1. The molecule has 180 valence electrons. The van der Waals surface area contributed by atoms with Gasteiger partial charge >= 0.3 is 11.8 Å². The lowest BCUT2D eigenvalue weighted by atomic mass is 9.73. The average molecular weight is 506 g/mol. The first kappa shape index (κ1) is 22.9. The fourth-order valence-corrected chi connectivity index (χ4v) is 6.71. The van der Waals surface area contributed by atoms with Crippen molar-refractivity contribution < 1.29 is 22.4 Å². The summed E-state index contributed by atoms with van der Waals surface area (Å²) in [5.41, 5.74) is 2.36. The van der Waals surface area contributed by atoms with Crippen LogP contribution in [0, 0.1) is 12.3 Å². The van der Waals surface area contributed by atoms with Crippen LogP contribution < -0.4 is 5.76 Å². The Hall–Kier alpha value is -2.82. The van der Waals surface area contributed by atoms with Gasteiger partial charge in [0.1, 0.15) is 6.61 Å². The van der Waals surface area contributed by atoms with Crippen LogP contribution >= 0.6 is 11.6 Å². The summed E-state index contributed by atoms with van der Waals surface area (Å²) in [5.74, 6) is -0.625. The zero-order chi connectivity index (χ0) is 24.1. The number of aromatic amines is 1. The van der Waals surface area contributed by atoms with E-state index in [0.717, 1.165) is 11.1 Å². The van der Waals surface area contributed by atoms with Gasteiger partial charge in [-0.3, -0.25) is 4.98 Å². The molecule has 2 aliphatic rings. The van der Waals surface area contributed by atoms with Crippen molar-refractivity contribution in [2.24, 2.45) is 5.41 Å². The van der Waals surface area contributed by atoms with Crippen molar-refractivity contribution in [3.05, 3.63) is 63.1 Å². The normalized spacial score (nSPS) is 18.2. The number of likely N-dealkylation sites (tertiary alicyclic amines) is 1. The molecule has 3 aromatic rings. The molecule has 2 fully saturated rings. The predicted octanol–water partition coefficient (Wildman–Crippen LogP) is 3.51. The number of amides is 1. The molecule has 0 unspecified atom stereocenters. The van der Waals surface area contributed by atoms with Crippen LogP contribution in [0.2, 0.25) is 5.02 Å². The first-order valence-corrected chi connectivity index (χ1v) is 12.8. The number of halogens is 1.